The molecule has 3 heteroatoms. The van der Waals surface area contributed by atoms with Gasteiger partial charge in [0, 0.05) is 12.7 Å². The normalized spacial score (nSPS) is 19.9. The second-order valence-corrected chi connectivity index (χ2v) is 3.97. The lowest BCUT2D eigenvalue weighted by molar-refractivity contribution is 0.0582. The fourth-order valence-electron chi connectivity index (χ4n) is 1.73. The molecule has 1 fully saturated rings. The van der Waals surface area contributed by atoms with Crippen LogP contribution in [0.3, 0.4) is 0 Å². The molecular formula is C10H16N2O. The van der Waals surface area contributed by atoms with Crippen molar-refractivity contribution in [2.45, 2.75) is 32.3 Å². The molecule has 1 N–H and O–H groups in total. The van der Waals surface area contributed by atoms with E-state index >= 15 is 0 Å². The molecule has 0 saturated heterocycles. The van der Waals surface area contributed by atoms with Crippen molar-refractivity contribution in [2.24, 2.45) is 13.0 Å². The minimum atomic E-state index is -0.339. The molecule has 13 heavy (non-hydrogen) atoms. The number of hydrogen-bond acceptors (Lipinski definition) is 2. The van der Waals surface area contributed by atoms with Crippen molar-refractivity contribution in [3.8, 4) is 0 Å². The quantitative estimate of drug-likeness (QED) is 0.750. The Morgan fingerprint density at radius 2 is 2.31 bits per heavy atom. The first-order chi connectivity index (χ1) is 6.18. The van der Waals surface area contributed by atoms with Gasteiger partial charge in [0.1, 0.15) is 6.10 Å². The van der Waals surface area contributed by atoms with E-state index in [0.29, 0.717) is 5.92 Å². The second-order valence-electron chi connectivity index (χ2n) is 3.97. The topological polar surface area (TPSA) is 38.1 Å². The molecule has 0 aliphatic heterocycles. The molecule has 72 valence electrons. The summed E-state index contributed by atoms with van der Waals surface area (Å²) >= 11 is 0. The lowest BCUT2D eigenvalue weighted by Gasteiger charge is -2.29. The third kappa shape index (κ3) is 1.48. The van der Waals surface area contributed by atoms with E-state index in [0.717, 1.165) is 24.2 Å². The molecule has 2 rings (SSSR count). The molecule has 1 aliphatic carbocycles. The van der Waals surface area contributed by atoms with Gasteiger partial charge in [-0.05, 0) is 31.7 Å². The first-order valence-electron chi connectivity index (χ1n) is 4.87. The van der Waals surface area contributed by atoms with Gasteiger partial charge in [-0.1, -0.05) is 6.42 Å². The molecular weight excluding hydrogens is 164 g/mol. The molecule has 1 aromatic heterocycles. The zero-order chi connectivity index (χ0) is 9.42. The molecule has 0 amide bonds. The first-order valence-corrected chi connectivity index (χ1v) is 4.87. The van der Waals surface area contributed by atoms with Gasteiger partial charge < -0.3 is 5.11 Å². The van der Waals surface area contributed by atoms with Gasteiger partial charge in [-0.25, -0.2) is 0 Å². The summed E-state index contributed by atoms with van der Waals surface area (Å²) in [6, 6.07) is 1.98. The van der Waals surface area contributed by atoms with Gasteiger partial charge in [0.25, 0.3) is 0 Å². The number of aliphatic hydroxyl groups is 1. The van der Waals surface area contributed by atoms with Crippen molar-refractivity contribution in [1.29, 1.82) is 0 Å². The maximum atomic E-state index is 9.90. The molecule has 0 spiro atoms. The Bertz CT molecular complexity index is 282. The van der Waals surface area contributed by atoms with E-state index in [2.05, 4.69) is 5.10 Å². The highest BCUT2D eigenvalue weighted by Gasteiger charge is 2.28. The van der Waals surface area contributed by atoms with Crippen LogP contribution in [0.15, 0.2) is 6.07 Å². The summed E-state index contributed by atoms with van der Waals surface area (Å²) in [4.78, 5) is 0. The van der Waals surface area contributed by atoms with Crippen LogP contribution in [0, 0.1) is 12.8 Å². The molecule has 1 aliphatic rings. The van der Waals surface area contributed by atoms with Crippen LogP contribution in [0.2, 0.25) is 0 Å². The summed E-state index contributed by atoms with van der Waals surface area (Å²) < 4.78 is 1.82. The van der Waals surface area contributed by atoms with Crippen LogP contribution in [0.4, 0.5) is 0 Å². The van der Waals surface area contributed by atoms with Crippen molar-refractivity contribution < 1.29 is 5.11 Å². The first kappa shape index (κ1) is 8.75. The molecule has 1 heterocycles. The summed E-state index contributed by atoms with van der Waals surface area (Å²) in [6.45, 7) is 2.00. The van der Waals surface area contributed by atoms with Crippen LogP contribution >= 0.6 is 0 Å². The van der Waals surface area contributed by atoms with E-state index in [1.165, 1.54) is 6.42 Å². The largest absolute Gasteiger partial charge is 0.386 e. The van der Waals surface area contributed by atoms with Gasteiger partial charge in [-0.2, -0.15) is 5.10 Å². The maximum absolute atomic E-state index is 9.90. The van der Waals surface area contributed by atoms with Crippen molar-refractivity contribution in [1.82, 2.24) is 9.78 Å². The van der Waals surface area contributed by atoms with E-state index in [-0.39, 0.29) is 6.10 Å². The highest BCUT2D eigenvalue weighted by molar-refractivity contribution is 5.12. The zero-order valence-corrected chi connectivity index (χ0v) is 8.20. The summed E-state index contributed by atoms with van der Waals surface area (Å²) in [7, 11) is 1.91. The third-order valence-electron chi connectivity index (χ3n) is 3.03. The molecule has 1 unspecified atom stereocenters. The molecule has 3 nitrogen and oxygen atoms in total. The molecule has 0 aromatic carbocycles. The minimum Gasteiger partial charge on any atom is -0.386 e. The Morgan fingerprint density at radius 1 is 1.62 bits per heavy atom. The molecule has 1 aromatic rings. The van der Waals surface area contributed by atoms with Gasteiger partial charge in [0.05, 0.1) is 5.69 Å². The predicted molar refractivity (Wildman–Crippen MR) is 50.2 cm³/mol. The summed E-state index contributed by atoms with van der Waals surface area (Å²) in [5.74, 6) is 0.453. The van der Waals surface area contributed by atoms with Crippen LogP contribution in [0.5, 0.6) is 0 Å². The number of aromatic nitrogens is 2. The molecule has 1 atom stereocenters. The van der Waals surface area contributed by atoms with Crippen LogP contribution < -0.4 is 0 Å². The fourth-order valence-corrected chi connectivity index (χ4v) is 1.73. The fraction of sp³-hybridized carbons (Fsp3) is 0.700. The van der Waals surface area contributed by atoms with Gasteiger partial charge in [0.2, 0.25) is 0 Å². The highest BCUT2D eigenvalue weighted by atomic mass is 16.3. The Kier molecular flexibility index (Phi) is 2.12. The standard InChI is InChI=1S/C10H16N2O/c1-7-6-9(11-12(7)2)10(13)8-4-3-5-8/h6,8,10,13H,3-5H2,1-2H3. The summed E-state index contributed by atoms with van der Waals surface area (Å²) in [5, 5.41) is 14.2. The van der Waals surface area contributed by atoms with E-state index in [1.807, 2.05) is 24.7 Å². The number of hydrogen-bond donors (Lipinski definition) is 1. The Balaban J connectivity index is 2.14. The predicted octanol–water partition coefficient (Wildman–Crippen LogP) is 1.56. The zero-order valence-electron chi connectivity index (χ0n) is 8.20. The monoisotopic (exact) mass is 180 g/mol. The lowest BCUT2D eigenvalue weighted by Crippen LogP contribution is -2.20. The number of aliphatic hydroxyl groups excluding tert-OH is 1. The summed E-state index contributed by atoms with van der Waals surface area (Å²) in [6.07, 6.45) is 3.22. The van der Waals surface area contributed by atoms with Crippen molar-refractivity contribution in [3.63, 3.8) is 0 Å². The van der Waals surface area contributed by atoms with Crippen molar-refractivity contribution in [3.05, 3.63) is 17.5 Å². The van der Waals surface area contributed by atoms with E-state index < -0.39 is 0 Å². The minimum absolute atomic E-state index is 0.339. The Morgan fingerprint density at radius 3 is 2.69 bits per heavy atom. The molecule has 0 radical (unpaired) electrons. The van der Waals surface area contributed by atoms with Crippen LogP contribution in [-0.2, 0) is 7.05 Å². The Labute approximate surface area is 78.4 Å². The van der Waals surface area contributed by atoms with Gasteiger partial charge in [-0.3, -0.25) is 4.68 Å². The van der Waals surface area contributed by atoms with Crippen molar-refractivity contribution >= 4 is 0 Å². The van der Waals surface area contributed by atoms with E-state index in [9.17, 15) is 5.11 Å². The number of nitrogens with zero attached hydrogens (tertiary/aromatic N) is 2. The number of rotatable bonds is 2. The summed E-state index contributed by atoms with van der Waals surface area (Å²) in [5.41, 5.74) is 1.94. The van der Waals surface area contributed by atoms with E-state index in [4.69, 9.17) is 0 Å². The van der Waals surface area contributed by atoms with Crippen molar-refractivity contribution in [2.75, 3.05) is 0 Å². The van der Waals surface area contributed by atoms with Crippen LogP contribution in [-0.4, -0.2) is 14.9 Å². The van der Waals surface area contributed by atoms with Gasteiger partial charge >= 0.3 is 0 Å². The average molecular weight is 180 g/mol. The van der Waals surface area contributed by atoms with Crippen LogP contribution in [0.1, 0.15) is 36.8 Å². The number of aryl methyl sites for hydroxylation is 2. The highest BCUT2D eigenvalue weighted by Crippen LogP contribution is 2.37. The second kappa shape index (κ2) is 3.14. The smallest absolute Gasteiger partial charge is 0.101 e. The average Bonchev–Trinajstić information content (AvgIpc) is 2.28. The Hall–Kier alpha value is -0.830. The van der Waals surface area contributed by atoms with Crippen LogP contribution in [0.25, 0.3) is 0 Å². The SMILES string of the molecule is Cc1cc(C(O)C2CCC2)nn1C. The lowest BCUT2D eigenvalue weighted by atomic mass is 9.80. The maximum Gasteiger partial charge on any atom is 0.101 e. The van der Waals surface area contributed by atoms with Gasteiger partial charge in [-0.15, -0.1) is 0 Å². The molecule has 0 bridgehead atoms. The molecule has 1 saturated carbocycles. The third-order valence-corrected chi connectivity index (χ3v) is 3.03. The van der Waals surface area contributed by atoms with E-state index in [1.54, 1.807) is 0 Å². The van der Waals surface area contributed by atoms with Gasteiger partial charge in [0.15, 0.2) is 0 Å².